The molecule has 0 saturated carbocycles. The lowest BCUT2D eigenvalue weighted by atomic mass is 9.96. The van der Waals surface area contributed by atoms with E-state index < -0.39 is 0 Å². The van der Waals surface area contributed by atoms with Crippen molar-refractivity contribution in [3.63, 3.8) is 0 Å². The van der Waals surface area contributed by atoms with Gasteiger partial charge in [-0.15, -0.1) is 0 Å². The zero-order chi connectivity index (χ0) is 18.3. The van der Waals surface area contributed by atoms with Gasteiger partial charge in [0.05, 0.1) is 34.3 Å². The minimum atomic E-state index is 0.00954. The molecule has 0 radical (unpaired) electrons. The van der Waals surface area contributed by atoms with Gasteiger partial charge in [0, 0.05) is 6.42 Å². The van der Waals surface area contributed by atoms with Crippen molar-refractivity contribution in [1.82, 2.24) is 0 Å². The lowest BCUT2D eigenvalue weighted by Crippen LogP contribution is -2.35. The fourth-order valence-electron chi connectivity index (χ4n) is 2.98. The highest BCUT2D eigenvalue weighted by atomic mass is 16.5. The molecule has 0 spiro atoms. The Hall–Kier alpha value is -0.570. The molecule has 0 amide bonds. The second kappa shape index (κ2) is 14.7. The number of quaternary nitrogens is 1. The van der Waals surface area contributed by atoms with Crippen molar-refractivity contribution >= 4 is 5.97 Å². The van der Waals surface area contributed by atoms with Crippen LogP contribution in [0.2, 0.25) is 0 Å². The Morgan fingerprint density at radius 1 is 0.833 bits per heavy atom. The third-order valence-electron chi connectivity index (χ3n) is 4.62. The maximum Gasteiger partial charge on any atom is 0.305 e. The molecule has 1 atom stereocenters. The summed E-state index contributed by atoms with van der Waals surface area (Å²) < 4.78 is 6.56. The van der Waals surface area contributed by atoms with Crippen molar-refractivity contribution in [1.29, 1.82) is 0 Å². The lowest BCUT2D eigenvalue weighted by molar-refractivity contribution is -0.870. The Kier molecular flexibility index (Phi) is 14.4. The highest BCUT2D eigenvalue weighted by Gasteiger charge is 2.12. The van der Waals surface area contributed by atoms with E-state index in [1.165, 1.54) is 64.3 Å². The number of hydrogen-bond donors (Lipinski definition) is 0. The Labute approximate surface area is 151 Å². The summed E-state index contributed by atoms with van der Waals surface area (Å²) in [5.74, 6) is 0.583. The molecule has 144 valence electrons. The number of ether oxygens (including phenoxy) is 1. The highest BCUT2D eigenvalue weighted by molar-refractivity contribution is 5.69. The molecule has 0 N–H and O–H groups in total. The predicted molar refractivity (Wildman–Crippen MR) is 104 cm³/mol. The lowest BCUT2D eigenvalue weighted by Gasteiger charge is -2.23. The van der Waals surface area contributed by atoms with Crippen LogP contribution in [0, 0.1) is 5.92 Å². The molecule has 0 saturated heterocycles. The Morgan fingerprint density at radius 2 is 1.46 bits per heavy atom. The normalized spacial score (nSPS) is 13.0. The minimum absolute atomic E-state index is 0.00954. The summed E-state index contributed by atoms with van der Waals surface area (Å²) in [6, 6.07) is 0. The predicted octanol–water partition coefficient (Wildman–Crippen LogP) is 5.57. The van der Waals surface area contributed by atoms with Crippen LogP contribution < -0.4 is 0 Å². The molecular formula is C21H44NO2+. The van der Waals surface area contributed by atoms with Gasteiger partial charge in [-0.3, -0.25) is 4.79 Å². The SMILES string of the molecule is CCCCCCC(CCCC)COC(=O)CCCCC[N+](C)(C)C. The molecule has 0 aliphatic rings. The van der Waals surface area contributed by atoms with E-state index in [1.54, 1.807) is 0 Å². The van der Waals surface area contributed by atoms with E-state index >= 15 is 0 Å². The summed E-state index contributed by atoms with van der Waals surface area (Å²) in [5, 5.41) is 0. The summed E-state index contributed by atoms with van der Waals surface area (Å²) in [6.45, 7) is 6.29. The molecule has 0 aromatic rings. The average Bonchev–Trinajstić information content (AvgIpc) is 2.51. The number of nitrogens with zero attached hydrogens (tertiary/aromatic N) is 1. The largest absolute Gasteiger partial charge is 0.465 e. The monoisotopic (exact) mass is 342 g/mol. The topological polar surface area (TPSA) is 26.3 Å². The van der Waals surface area contributed by atoms with Crippen molar-refractivity contribution in [2.45, 2.75) is 90.9 Å². The van der Waals surface area contributed by atoms with Crippen LogP contribution in [0.15, 0.2) is 0 Å². The van der Waals surface area contributed by atoms with Crippen LogP contribution in [0.5, 0.6) is 0 Å². The van der Waals surface area contributed by atoms with E-state index in [1.807, 2.05) is 0 Å². The van der Waals surface area contributed by atoms with Gasteiger partial charge < -0.3 is 9.22 Å². The van der Waals surface area contributed by atoms with Crippen molar-refractivity contribution in [3.05, 3.63) is 0 Å². The number of esters is 1. The third-order valence-corrected chi connectivity index (χ3v) is 4.62. The molecule has 0 aliphatic heterocycles. The number of carbonyl (C=O) groups is 1. The van der Waals surface area contributed by atoms with Gasteiger partial charge >= 0.3 is 5.97 Å². The summed E-state index contributed by atoms with van der Waals surface area (Å²) in [7, 11) is 6.64. The number of hydrogen-bond acceptors (Lipinski definition) is 2. The fourth-order valence-corrected chi connectivity index (χ4v) is 2.98. The van der Waals surface area contributed by atoms with E-state index in [0.717, 1.165) is 17.3 Å². The first-order valence-corrected chi connectivity index (χ1v) is 10.3. The molecule has 0 aromatic heterocycles. The number of rotatable bonds is 16. The molecule has 0 fully saturated rings. The van der Waals surface area contributed by atoms with E-state index in [9.17, 15) is 4.79 Å². The van der Waals surface area contributed by atoms with Crippen LogP contribution in [0.1, 0.15) is 90.9 Å². The van der Waals surface area contributed by atoms with Crippen LogP contribution in [0.4, 0.5) is 0 Å². The van der Waals surface area contributed by atoms with E-state index in [2.05, 4.69) is 35.0 Å². The van der Waals surface area contributed by atoms with Crippen molar-refractivity contribution in [2.75, 3.05) is 34.3 Å². The quantitative estimate of drug-likeness (QED) is 0.208. The minimum Gasteiger partial charge on any atom is -0.465 e. The molecule has 0 aromatic carbocycles. The standard InChI is InChI=1S/C21H44NO2/c1-6-8-10-12-16-20(15-9-7-2)19-24-21(23)17-13-11-14-18-22(3,4)5/h20H,6-19H2,1-5H3/q+1. The summed E-state index contributed by atoms with van der Waals surface area (Å²) in [5.41, 5.74) is 0. The van der Waals surface area contributed by atoms with Gasteiger partial charge in [-0.05, 0) is 38.0 Å². The van der Waals surface area contributed by atoms with Gasteiger partial charge in [-0.1, -0.05) is 52.4 Å². The maximum absolute atomic E-state index is 11.9. The molecule has 0 aliphatic carbocycles. The fraction of sp³-hybridized carbons (Fsp3) is 0.952. The van der Waals surface area contributed by atoms with Crippen LogP contribution in [-0.4, -0.2) is 44.7 Å². The van der Waals surface area contributed by atoms with Gasteiger partial charge in [-0.25, -0.2) is 0 Å². The molecule has 3 nitrogen and oxygen atoms in total. The number of carbonyl (C=O) groups excluding carboxylic acids is 1. The highest BCUT2D eigenvalue weighted by Crippen LogP contribution is 2.18. The van der Waals surface area contributed by atoms with Crippen LogP contribution in [0.25, 0.3) is 0 Å². The Morgan fingerprint density at radius 3 is 2.08 bits per heavy atom. The third kappa shape index (κ3) is 16.3. The van der Waals surface area contributed by atoms with Crippen molar-refractivity contribution in [3.8, 4) is 0 Å². The van der Waals surface area contributed by atoms with Crippen molar-refractivity contribution in [2.24, 2.45) is 5.92 Å². The van der Waals surface area contributed by atoms with Crippen LogP contribution in [-0.2, 0) is 9.53 Å². The first kappa shape index (κ1) is 23.4. The number of unbranched alkanes of at least 4 members (excludes halogenated alkanes) is 6. The summed E-state index contributed by atoms with van der Waals surface area (Å²) in [4.78, 5) is 11.9. The van der Waals surface area contributed by atoms with Gasteiger partial charge in [0.2, 0.25) is 0 Å². The van der Waals surface area contributed by atoms with Gasteiger partial charge in [0.25, 0.3) is 0 Å². The van der Waals surface area contributed by atoms with Crippen LogP contribution >= 0.6 is 0 Å². The molecule has 24 heavy (non-hydrogen) atoms. The first-order chi connectivity index (χ1) is 11.4. The van der Waals surface area contributed by atoms with E-state index in [-0.39, 0.29) is 5.97 Å². The van der Waals surface area contributed by atoms with Crippen molar-refractivity contribution < 1.29 is 14.0 Å². The Balaban J connectivity index is 3.81. The van der Waals surface area contributed by atoms with Crippen LogP contribution in [0.3, 0.4) is 0 Å². The van der Waals surface area contributed by atoms with Gasteiger partial charge in [-0.2, -0.15) is 0 Å². The molecule has 0 bridgehead atoms. The molecular weight excluding hydrogens is 298 g/mol. The summed E-state index contributed by atoms with van der Waals surface area (Å²) >= 11 is 0. The molecule has 0 heterocycles. The van der Waals surface area contributed by atoms with Gasteiger partial charge in [0.1, 0.15) is 0 Å². The van der Waals surface area contributed by atoms with E-state index in [0.29, 0.717) is 18.9 Å². The molecule has 0 rings (SSSR count). The summed E-state index contributed by atoms with van der Waals surface area (Å²) in [6.07, 6.45) is 14.0. The van der Waals surface area contributed by atoms with Gasteiger partial charge in [0.15, 0.2) is 0 Å². The maximum atomic E-state index is 11.9. The average molecular weight is 343 g/mol. The first-order valence-electron chi connectivity index (χ1n) is 10.3. The Bertz CT molecular complexity index is 297. The molecule has 1 unspecified atom stereocenters. The van der Waals surface area contributed by atoms with E-state index in [4.69, 9.17) is 4.74 Å². The smallest absolute Gasteiger partial charge is 0.305 e. The zero-order valence-electron chi connectivity index (χ0n) is 17.2. The zero-order valence-corrected chi connectivity index (χ0v) is 17.2. The second-order valence-corrected chi connectivity index (χ2v) is 8.37. The second-order valence-electron chi connectivity index (χ2n) is 8.37. The molecule has 3 heteroatoms.